The molecule has 1 fully saturated rings. The molecule has 0 aromatic carbocycles. The second-order valence-corrected chi connectivity index (χ2v) is 7.36. The lowest BCUT2D eigenvalue weighted by Crippen LogP contribution is -2.38. The molecule has 4 rings (SSSR count). The van der Waals surface area contributed by atoms with E-state index in [4.69, 9.17) is 12.3 Å². The molecule has 1 aliphatic heterocycles. The smallest absolute Gasteiger partial charge is 0.142 e. The van der Waals surface area contributed by atoms with E-state index in [9.17, 15) is 4.79 Å². The maximum absolute atomic E-state index is 13.1. The minimum absolute atomic E-state index is 0.0443. The summed E-state index contributed by atoms with van der Waals surface area (Å²) >= 11 is 0. The lowest BCUT2D eigenvalue weighted by Gasteiger charge is -2.32. The maximum atomic E-state index is 13.1. The zero-order chi connectivity index (χ0) is 28.1. The van der Waals surface area contributed by atoms with Crippen molar-refractivity contribution >= 4 is 16.7 Å². The highest BCUT2D eigenvalue weighted by molar-refractivity contribution is 5.85. The van der Waals surface area contributed by atoms with Gasteiger partial charge in [-0.3, -0.25) is 14.5 Å². The van der Waals surface area contributed by atoms with Crippen LogP contribution in [0.4, 0.5) is 0 Å². The number of piperidine rings is 1. The van der Waals surface area contributed by atoms with Crippen molar-refractivity contribution in [3.05, 3.63) is 42.5 Å². The molecule has 0 saturated carbocycles. The number of rotatable bonds is 6. The zero-order valence-electron chi connectivity index (χ0n) is 25.2. The van der Waals surface area contributed by atoms with E-state index in [2.05, 4.69) is 15.1 Å². The van der Waals surface area contributed by atoms with Crippen LogP contribution in [0.5, 0.6) is 0 Å². The number of nitrogens with zero attached hydrogens (tertiary/aromatic N) is 5. The second-order valence-electron chi connectivity index (χ2n) is 7.36. The third-order valence-electron chi connectivity index (χ3n) is 5.21. The average Bonchev–Trinajstić information content (AvgIpc) is 3.28. The molecule has 0 amide bonds. The highest BCUT2D eigenvalue weighted by Gasteiger charge is 2.25. The first-order valence-corrected chi connectivity index (χ1v) is 9.57. The molecule has 0 spiro atoms. The number of aryl methyl sites for hydroxylation is 1. The summed E-state index contributed by atoms with van der Waals surface area (Å²) in [7, 11) is 1.82. The molecule has 152 valence electrons. The fourth-order valence-corrected chi connectivity index (χ4v) is 3.66. The molecule has 6 heteroatoms. The van der Waals surface area contributed by atoms with Crippen LogP contribution in [-0.2, 0) is 18.3 Å². The Balaban J connectivity index is 1.45. The minimum atomic E-state index is -3.39. The Hall–Kier alpha value is -2.60. The summed E-state index contributed by atoms with van der Waals surface area (Å²) in [5, 5.41) is 4.99. The molecule has 0 bridgehead atoms. The molecular weight excluding hydrogens is 362 g/mol. The molecule has 1 aliphatic rings. The first kappa shape index (κ1) is 11.6. The monoisotopic (exact) mass is 400 g/mol. The Kier molecular flexibility index (Phi) is 3.35. The summed E-state index contributed by atoms with van der Waals surface area (Å²) < 4.78 is 72.4. The van der Waals surface area contributed by atoms with Gasteiger partial charge >= 0.3 is 0 Å². The van der Waals surface area contributed by atoms with Gasteiger partial charge in [-0.15, -0.1) is 0 Å². The molecule has 3 aromatic rings. The average molecular weight is 401 g/mol. The topological polar surface area (TPSA) is 63.9 Å². The first-order chi connectivity index (χ1) is 17.5. The van der Waals surface area contributed by atoms with Gasteiger partial charge in [0.2, 0.25) is 0 Å². The van der Waals surface area contributed by atoms with Gasteiger partial charge in [-0.25, -0.2) is 4.98 Å². The van der Waals surface area contributed by atoms with E-state index in [-0.39, 0.29) is 38.1 Å². The summed E-state index contributed by atoms with van der Waals surface area (Å²) in [4.78, 5) is 23.2. The van der Waals surface area contributed by atoms with E-state index in [0.29, 0.717) is 11.2 Å². The number of fused-ring (bicyclic) bond motifs is 1. The Labute approximate surface area is 184 Å². The summed E-state index contributed by atoms with van der Waals surface area (Å²) in [6, 6.07) is 5.54. The van der Waals surface area contributed by atoms with Crippen LogP contribution < -0.4 is 0 Å². The van der Waals surface area contributed by atoms with Crippen molar-refractivity contribution in [2.45, 2.75) is 33.0 Å². The number of carbonyl (C=O) groups excluding carboxylic acids is 1. The molecule has 0 N–H and O–H groups in total. The number of hydrogen-bond acceptors (Lipinski definition) is 5. The van der Waals surface area contributed by atoms with Crippen molar-refractivity contribution in [1.82, 2.24) is 24.6 Å². The van der Waals surface area contributed by atoms with Crippen molar-refractivity contribution < 1.29 is 17.1 Å². The largest absolute Gasteiger partial charge is 0.303 e. The number of hydrogen-bond donors (Lipinski definition) is 0. The number of aromatic nitrogens is 4. The second kappa shape index (κ2) is 8.41. The van der Waals surface area contributed by atoms with Gasteiger partial charge < -0.3 is 4.90 Å². The normalized spacial score (nSPS) is 22.3. The van der Waals surface area contributed by atoms with E-state index >= 15 is 0 Å². The molecule has 4 heterocycles. The van der Waals surface area contributed by atoms with E-state index < -0.39 is 32.0 Å². The maximum Gasteiger partial charge on any atom is 0.142 e. The SMILES string of the molecule is [2H]C([2H])([2H])C([2H])(C([2H])([2H])[2H])C([2H])([2H])N1CCC(C(=O)Cc2cc3nc(-c4cnn(C)c4)ccc3cn2)CC1. The van der Waals surface area contributed by atoms with Gasteiger partial charge in [-0.05, 0) is 50.0 Å². The van der Waals surface area contributed by atoms with Gasteiger partial charge in [0, 0.05) is 67.3 Å². The fraction of sp³-hybridized carbons (Fsp3) is 0.478. The molecule has 29 heavy (non-hydrogen) atoms. The van der Waals surface area contributed by atoms with Crippen LogP contribution in [-0.4, -0.2) is 50.0 Å². The highest BCUT2D eigenvalue weighted by Crippen LogP contribution is 2.23. The van der Waals surface area contributed by atoms with Gasteiger partial charge in [-0.2, -0.15) is 5.10 Å². The third-order valence-corrected chi connectivity index (χ3v) is 5.21. The quantitative estimate of drug-likeness (QED) is 0.634. The summed E-state index contributed by atoms with van der Waals surface area (Å²) in [6.07, 6.45) is 5.72. The molecule has 0 unspecified atom stereocenters. The number of ketones is 1. The van der Waals surface area contributed by atoms with Crippen molar-refractivity contribution in [2.75, 3.05) is 19.6 Å². The standard InChI is InChI=1S/C23H29N5O/c1-16(2)14-28-8-6-17(7-9-28)23(29)11-20-10-22-18(12-24-20)4-5-21(26-22)19-13-25-27(3)15-19/h4-5,10,12-13,15-17H,6-9,11,14H2,1-3H3/i1D3,2D3,14D2,16D. The van der Waals surface area contributed by atoms with Crippen LogP contribution in [0.3, 0.4) is 0 Å². The van der Waals surface area contributed by atoms with Crippen LogP contribution in [0, 0.1) is 11.8 Å². The molecule has 3 aromatic heterocycles. The minimum Gasteiger partial charge on any atom is -0.303 e. The van der Waals surface area contributed by atoms with Crippen LogP contribution in [0.2, 0.25) is 0 Å². The Morgan fingerprint density at radius 2 is 2.17 bits per heavy atom. The number of pyridine rings is 2. The van der Waals surface area contributed by atoms with Crippen molar-refractivity contribution in [2.24, 2.45) is 18.9 Å². The highest BCUT2D eigenvalue weighted by atomic mass is 16.1. The zero-order valence-corrected chi connectivity index (χ0v) is 16.2. The number of carbonyl (C=O) groups is 1. The molecule has 0 atom stereocenters. The molecular formula is C23H29N5O. The van der Waals surface area contributed by atoms with Crippen molar-refractivity contribution in [3.63, 3.8) is 0 Å². The van der Waals surface area contributed by atoms with E-state index in [1.54, 1.807) is 23.1 Å². The number of likely N-dealkylation sites (tertiary alicyclic amines) is 1. The lowest BCUT2D eigenvalue weighted by molar-refractivity contribution is -0.123. The van der Waals surface area contributed by atoms with Gasteiger partial charge in [0.05, 0.1) is 17.4 Å². The van der Waals surface area contributed by atoms with Gasteiger partial charge in [0.25, 0.3) is 0 Å². The van der Waals surface area contributed by atoms with Gasteiger partial charge in [0.15, 0.2) is 0 Å². The lowest BCUT2D eigenvalue weighted by atomic mass is 9.90. The molecule has 6 nitrogen and oxygen atoms in total. The molecule has 0 aliphatic carbocycles. The van der Waals surface area contributed by atoms with Gasteiger partial charge in [-0.1, -0.05) is 13.7 Å². The first-order valence-electron chi connectivity index (χ1n) is 14.1. The Morgan fingerprint density at radius 3 is 2.90 bits per heavy atom. The number of Topliss-reactive ketones (excluding diaryl/α,β-unsaturated/α-hetero) is 1. The van der Waals surface area contributed by atoms with Crippen molar-refractivity contribution in [1.29, 1.82) is 0 Å². The fourth-order valence-electron chi connectivity index (χ4n) is 3.66. The summed E-state index contributed by atoms with van der Waals surface area (Å²) in [5.74, 6) is -3.86. The Morgan fingerprint density at radius 1 is 1.34 bits per heavy atom. The van der Waals surface area contributed by atoms with Crippen LogP contribution in [0.1, 0.15) is 44.6 Å². The molecule has 1 saturated heterocycles. The predicted molar refractivity (Wildman–Crippen MR) is 114 cm³/mol. The van der Waals surface area contributed by atoms with Crippen LogP contribution in [0.15, 0.2) is 36.8 Å². The predicted octanol–water partition coefficient (Wildman–Crippen LogP) is 3.51. The van der Waals surface area contributed by atoms with E-state index in [1.807, 2.05) is 25.4 Å². The van der Waals surface area contributed by atoms with E-state index in [1.165, 1.54) is 0 Å². The van der Waals surface area contributed by atoms with Crippen LogP contribution >= 0.6 is 0 Å². The van der Waals surface area contributed by atoms with E-state index in [0.717, 1.165) is 21.5 Å². The summed E-state index contributed by atoms with van der Waals surface area (Å²) in [6.45, 7) is -9.83. The Bertz CT molecular complexity index is 1310. The van der Waals surface area contributed by atoms with Crippen molar-refractivity contribution in [3.8, 4) is 11.3 Å². The molecule has 0 radical (unpaired) electrons. The van der Waals surface area contributed by atoms with Gasteiger partial charge in [0.1, 0.15) is 5.78 Å². The third kappa shape index (κ3) is 4.70. The summed E-state index contributed by atoms with van der Waals surface area (Å²) in [5.41, 5.74) is 2.85. The van der Waals surface area contributed by atoms with Crippen LogP contribution in [0.25, 0.3) is 22.2 Å².